The normalized spacial score (nSPS) is 20.4. The van der Waals surface area contributed by atoms with Gasteiger partial charge in [0.2, 0.25) is 0 Å². The molecule has 8 heteroatoms. The molecule has 2 N–H and O–H groups in total. The first-order valence-electron chi connectivity index (χ1n) is 6.80. The second kappa shape index (κ2) is 6.91. The van der Waals surface area contributed by atoms with E-state index in [0.717, 1.165) is 25.5 Å². The Morgan fingerprint density at radius 3 is 2.95 bits per heavy atom. The molecule has 0 amide bonds. The van der Waals surface area contributed by atoms with Gasteiger partial charge in [-0.3, -0.25) is 4.72 Å². The van der Waals surface area contributed by atoms with Crippen molar-refractivity contribution in [3.05, 3.63) is 29.0 Å². The summed E-state index contributed by atoms with van der Waals surface area (Å²) in [6.45, 7) is 1.63. The predicted octanol–water partition coefficient (Wildman–Crippen LogP) is 2.07. The van der Waals surface area contributed by atoms with E-state index in [1.54, 1.807) is 0 Å². The first kappa shape index (κ1) is 16.5. The van der Waals surface area contributed by atoms with Crippen molar-refractivity contribution in [2.24, 2.45) is 5.92 Å². The summed E-state index contributed by atoms with van der Waals surface area (Å²) in [5.41, 5.74) is -0.127. The van der Waals surface area contributed by atoms with E-state index in [4.69, 9.17) is 11.6 Å². The standard InChI is InChI=1S/C13H19ClFN3O2S/c1-16-8-10-3-2-6-18(9-10)21(19,20)17-13-7-11(14)4-5-12(13)15/h4-5,7,10,16-17H,2-3,6,8-9H2,1H3. The molecule has 21 heavy (non-hydrogen) atoms. The summed E-state index contributed by atoms with van der Waals surface area (Å²) >= 11 is 5.77. The van der Waals surface area contributed by atoms with Gasteiger partial charge >= 0.3 is 10.2 Å². The molecule has 0 bridgehead atoms. The Hall–Kier alpha value is -0.890. The highest BCUT2D eigenvalue weighted by Gasteiger charge is 2.29. The summed E-state index contributed by atoms with van der Waals surface area (Å²) in [6.07, 6.45) is 1.78. The van der Waals surface area contributed by atoms with Crippen LogP contribution in [0.25, 0.3) is 0 Å². The fraction of sp³-hybridized carbons (Fsp3) is 0.538. The van der Waals surface area contributed by atoms with Crippen LogP contribution < -0.4 is 10.0 Å². The van der Waals surface area contributed by atoms with E-state index < -0.39 is 16.0 Å². The quantitative estimate of drug-likeness (QED) is 0.866. The summed E-state index contributed by atoms with van der Waals surface area (Å²) in [4.78, 5) is 0. The van der Waals surface area contributed by atoms with Gasteiger partial charge in [-0.05, 0) is 50.6 Å². The SMILES string of the molecule is CNCC1CCCN(S(=O)(=O)Nc2cc(Cl)ccc2F)C1. The van der Waals surface area contributed by atoms with Crippen molar-refractivity contribution in [2.45, 2.75) is 12.8 Å². The Labute approximate surface area is 129 Å². The molecule has 0 radical (unpaired) electrons. The molecule has 0 saturated carbocycles. The Kier molecular flexibility index (Phi) is 5.43. The zero-order valence-corrected chi connectivity index (χ0v) is 13.3. The number of nitrogens with one attached hydrogen (secondary N) is 2. The number of benzene rings is 1. The lowest BCUT2D eigenvalue weighted by molar-refractivity contribution is 0.264. The molecule has 0 aromatic heterocycles. The van der Waals surface area contributed by atoms with Crippen LogP contribution in [0.1, 0.15) is 12.8 Å². The van der Waals surface area contributed by atoms with Crippen molar-refractivity contribution in [2.75, 3.05) is 31.4 Å². The number of nitrogens with zero attached hydrogens (tertiary/aromatic N) is 1. The molecule has 1 unspecified atom stereocenters. The van der Waals surface area contributed by atoms with Crippen LogP contribution in [0.3, 0.4) is 0 Å². The van der Waals surface area contributed by atoms with Crippen LogP contribution >= 0.6 is 11.6 Å². The maximum absolute atomic E-state index is 13.7. The second-order valence-electron chi connectivity index (χ2n) is 5.16. The van der Waals surface area contributed by atoms with Crippen LogP contribution in [0.5, 0.6) is 0 Å². The van der Waals surface area contributed by atoms with Gasteiger partial charge in [0.05, 0.1) is 5.69 Å². The third-order valence-electron chi connectivity index (χ3n) is 3.48. The Morgan fingerprint density at radius 1 is 1.48 bits per heavy atom. The predicted molar refractivity (Wildman–Crippen MR) is 82.2 cm³/mol. The number of halogens is 2. The number of anilines is 1. The molecule has 1 aliphatic rings. The van der Waals surface area contributed by atoms with Crippen LogP contribution in [0.15, 0.2) is 18.2 Å². The van der Waals surface area contributed by atoms with Gasteiger partial charge in [0.25, 0.3) is 0 Å². The van der Waals surface area contributed by atoms with Crippen molar-refractivity contribution in [1.29, 1.82) is 0 Å². The average Bonchev–Trinajstić information content (AvgIpc) is 2.43. The van der Waals surface area contributed by atoms with Crippen LogP contribution in [0, 0.1) is 11.7 Å². The Balaban J connectivity index is 2.12. The van der Waals surface area contributed by atoms with E-state index in [9.17, 15) is 12.8 Å². The lowest BCUT2D eigenvalue weighted by Crippen LogP contribution is -2.44. The van der Waals surface area contributed by atoms with E-state index in [1.807, 2.05) is 7.05 Å². The van der Waals surface area contributed by atoms with Gasteiger partial charge in [-0.1, -0.05) is 11.6 Å². The molecule has 2 rings (SSSR count). The van der Waals surface area contributed by atoms with Crippen molar-refractivity contribution >= 4 is 27.5 Å². The van der Waals surface area contributed by atoms with E-state index in [1.165, 1.54) is 16.4 Å². The zero-order chi connectivity index (χ0) is 15.5. The Bertz CT molecular complexity index is 595. The minimum Gasteiger partial charge on any atom is -0.319 e. The van der Waals surface area contributed by atoms with Crippen molar-refractivity contribution in [3.8, 4) is 0 Å². The highest BCUT2D eigenvalue weighted by molar-refractivity contribution is 7.90. The molecule has 1 saturated heterocycles. The summed E-state index contributed by atoms with van der Waals surface area (Å²) in [7, 11) is -1.93. The Morgan fingerprint density at radius 2 is 2.24 bits per heavy atom. The molecule has 1 fully saturated rings. The van der Waals surface area contributed by atoms with Crippen molar-refractivity contribution < 1.29 is 12.8 Å². The molecule has 0 aliphatic carbocycles. The van der Waals surface area contributed by atoms with Crippen LogP contribution in [-0.4, -0.2) is 39.4 Å². The first-order chi connectivity index (χ1) is 9.92. The largest absolute Gasteiger partial charge is 0.319 e. The molecular weight excluding hydrogens is 317 g/mol. The topological polar surface area (TPSA) is 61.4 Å². The molecule has 118 valence electrons. The fourth-order valence-electron chi connectivity index (χ4n) is 2.48. The van der Waals surface area contributed by atoms with Gasteiger partial charge < -0.3 is 5.32 Å². The van der Waals surface area contributed by atoms with E-state index in [2.05, 4.69) is 10.0 Å². The third-order valence-corrected chi connectivity index (χ3v) is 5.21. The molecule has 1 atom stereocenters. The average molecular weight is 336 g/mol. The van der Waals surface area contributed by atoms with Gasteiger partial charge in [-0.15, -0.1) is 0 Å². The van der Waals surface area contributed by atoms with Crippen molar-refractivity contribution in [1.82, 2.24) is 9.62 Å². The molecule has 1 aliphatic heterocycles. The van der Waals surface area contributed by atoms with Crippen molar-refractivity contribution in [3.63, 3.8) is 0 Å². The molecule has 1 aromatic carbocycles. The lowest BCUT2D eigenvalue weighted by atomic mass is 10.00. The maximum Gasteiger partial charge on any atom is 0.301 e. The first-order valence-corrected chi connectivity index (χ1v) is 8.61. The van der Waals surface area contributed by atoms with Crippen LogP contribution in [0.2, 0.25) is 5.02 Å². The molecule has 1 aromatic rings. The maximum atomic E-state index is 13.7. The fourth-order valence-corrected chi connectivity index (χ4v) is 3.99. The highest BCUT2D eigenvalue weighted by Crippen LogP contribution is 2.24. The summed E-state index contributed by atoms with van der Waals surface area (Å²) in [5, 5.41) is 3.33. The second-order valence-corrected chi connectivity index (χ2v) is 7.26. The number of piperidine rings is 1. The summed E-state index contributed by atoms with van der Waals surface area (Å²) in [5.74, 6) is -0.378. The smallest absolute Gasteiger partial charge is 0.301 e. The van der Waals surface area contributed by atoms with Gasteiger partial charge in [0.1, 0.15) is 5.82 Å². The minimum absolute atomic E-state index is 0.127. The summed E-state index contributed by atoms with van der Waals surface area (Å²) in [6, 6.07) is 3.78. The number of hydrogen-bond donors (Lipinski definition) is 2. The number of hydrogen-bond acceptors (Lipinski definition) is 3. The van der Waals surface area contributed by atoms with Gasteiger partial charge in [0, 0.05) is 18.1 Å². The molecule has 0 spiro atoms. The minimum atomic E-state index is -3.77. The monoisotopic (exact) mass is 335 g/mol. The van der Waals surface area contributed by atoms with Crippen LogP contribution in [-0.2, 0) is 10.2 Å². The number of rotatable bonds is 5. The summed E-state index contributed by atoms with van der Waals surface area (Å²) < 4.78 is 42.0. The molecular formula is C13H19ClFN3O2S. The lowest BCUT2D eigenvalue weighted by Gasteiger charge is -2.31. The zero-order valence-electron chi connectivity index (χ0n) is 11.8. The highest BCUT2D eigenvalue weighted by atomic mass is 35.5. The van der Waals surface area contributed by atoms with E-state index in [-0.39, 0.29) is 16.6 Å². The van der Waals surface area contributed by atoms with Gasteiger partial charge in [0.15, 0.2) is 0 Å². The molecule has 5 nitrogen and oxygen atoms in total. The van der Waals surface area contributed by atoms with Gasteiger partial charge in [-0.25, -0.2) is 4.39 Å². The van der Waals surface area contributed by atoms with E-state index in [0.29, 0.717) is 13.1 Å². The van der Waals surface area contributed by atoms with E-state index >= 15 is 0 Å². The van der Waals surface area contributed by atoms with Gasteiger partial charge in [-0.2, -0.15) is 12.7 Å². The van der Waals surface area contributed by atoms with Crippen LogP contribution in [0.4, 0.5) is 10.1 Å². The third kappa shape index (κ3) is 4.29. The molecule has 1 heterocycles.